The smallest absolute Gasteiger partial charge is 0.216 e. The fourth-order valence-corrected chi connectivity index (χ4v) is 9.53. The molecule has 7 rings (SSSR count). The maximum absolute atomic E-state index is 14.4. The van der Waals surface area contributed by atoms with Gasteiger partial charge in [-0.05, 0) is 37.1 Å². The number of nitrogens with zero attached hydrogens (tertiary/aromatic N) is 4. The van der Waals surface area contributed by atoms with Crippen LogP contribution in [0.4, 0.5) is 0 Å². The quantitative estimate of drug-likeness (QED) is 0.0427. The lowest BCUT2D eigenvalue weighted by Crippen LogP contribution is -2.16. The Morgan fingerprint density at radius 2 is 0.707 bits per heavy atom. The van der Waals surface area contributed by atoms with Crippen LogP contribution in [0.15, 0.2) is 43.4 Å². The second-order valence-electron chi connectivity index (χ2n) is 15.8. The first-order chi connectivity index (χ1) is 28.5. The average molecular weight is 823 g/mol. The first-order valence-electron chi connectivity index (χ1n) is 21.7. The highest BCUT2D eigenvalue weighted by Crippen LogP contribution is 2.42. The van der Waals surface area contributed by atoms with E-state index in [-0.39, 0.29) is 43.6 Å². The largest absolute Gasteiger partial charge is 0.493 e. The van der Waals surface area contributed by atoms with Crippen LogP contribution in [-0.2, 0) is 0 Å². The fraction of sp³-hybridized carbons (Fsp3) is 0.522. The molecule has 306 valence electrons. The summed E-state index contributed by atoms with van der Waals surface area (Å²) in [4.78, 5) is 56.9. The molecule has 0 aliphatic heterocycles. The van der Waals surface area contributed by atoms with E-state index in [1.165, 1.54) is 89.9 Å². The Morgan fingerprint density at radius 3 is 1.05 bits per heavy atom. The van der Waals surface area contributed by atoms with Gasteiger partial charge in [0.25, 0.3) is 0 Å². The van der Waals surface area contributed by atoms with Gasteiger partial charge in [-0.25, -0.2) is 0 Å². The van der Waals surface area contributed by atoms with E-state index in [1.807, 2.05) is 12.1 Å². The third kappa shape index (κ3) is 8.78. The first-order valence-corrected chi connectivity index (χ1v) is 23.1. The van der Waals surface area contributed by atoms with Gasteiger partial charge in [0.15, 0.2) is 22.1 Å². The van der Waals surface area contributed by atoms with E-state index in [1.54, 1.807) is 12.1 Å². The molecule has 58 heavy (non-hydrogen) atoms. The molecule has 0 radical (unpaired) electrons. The molecular formula is C46H54N4O6S2. The van der Waals surface area contributed by atoms with Crippen LogP contribution in [0.1, 0.15) is 142 Å². The lowest BCUT2D eigenvalue weighted by Gasteiger charge is -2.17. The van der Waals surface area contributed by atoms with Gasteiger partial charge in [0.1, 0.15) is 11.5 Å². The number of unbranched alkanes of at least 4 members (excludes halogenated alkanes) is 18. The van der Waals surface area contributed by atoms with Crippen molar-refractivity contribution in [2.75, 3.05) is 13.2 Å². The maximum Gasteiger partial charge on any atom is 0.216 e. The van der Waals surface area contributed by atoms with Crippen LogP contribution in [0.5, 0.6) is 11.5 Å². The lowest BCUT2D eigenvalue weighted by molar-refractivity contribution is 0.307. The van der Waals surface area contributed by atoms with Crippen LogP contribution in [0.3, 0.4) is 0 Å². The van der Waals surface area contributed by atoms with Crippen LogP contribution in [0.25, 0.3) is 65.2 Å². The van der Waals surface area contributed by atoms with Gasteiger partial charge in [0.2, 0.25) is 21.7 Å². The predicted molar refractivity (Wildman–Crippen MR) is 241 cm³/mol. The van der Waals surface area contributed by atoms with E-state index in [2.05, 4.69) is 31.3 Å². The highest BCUT2D eigenvalue weighted by molar-refractivity contribution is 7.00. The van der Waals surface area contributed by atoms with Crippen molar-refractivity contribution in [1.82, 2.24) is 17.5 Å². The van der Waals surface area contributed by atoms with Gasteiger partial charge < -0.3 is 9.47 Å². The summed E-state index contributed by atoms with van der Waals surface area (Å²) >= 11 is 1.62. The number of hydrogen-bond donors (Lipinski definition) is 0. The monoisotopic (exact) mass is 822 g/mol. The zero-order valence-corrected chi connectivity index (χ0v) is 35.6. The molecule has 0 saturated carbocycles. The second-order valence-corrected chi connectivity index (χ2v) is 16.9. The summed E-state index contributed by atoms with van der Waals surface area (Å²) in [5, 5.41) is 2.35. The van der Waals surface area contributed by atoms with Gasteiger partial charge in [-0.3, -0.25) is 19.2 Å². The molecule has 12 heteroatoms. The first kappa shape index (κ1) is 41.7. The molecule has 10 nitrogen and oxygen atoms in total. The summed E-state index contributed by atoms with van der Waals surface area (Å²) < 4.78 is 29.7. The molecule has 0 amide bonds. The van der Waals surface area contributed by atoms with Crippen molar-refractivity contribution >= 4 is 88.6 Å². The Hall–Kier alpha value is -4.42. The molecule has 0 unspecified atom stereocenters. The Balaban J connectivity index is 1.26. The van der Waals surface area contributed by atoms with Gasteiger partial charge in [0.05, 0.1) is 36.7 Å². The van der Waals surface area contributed by atoms with Crippen molar-refractivity contribution in [1.29, 1.82) is 0 Å². The van der Waals surface area contributed by atoms with E-state index in [9.17, 15) is 19.2 Å². The molecule has 0 fully saturated rings. The van der Waals surface area contributed by atoms with Crippen molar-refractivity contribution in [3.05, 3.63) is 65.2 Å². The summed E-state index contributed by atoms with van der Waals surface area (Å²) in [6.07, 6.45) is 23.7. The minimum atomic E-state index is -0.465. The topological polar surface area (TPSA) is 138 Å². The summed E-state index contributed by atoms with van der Waals surface area (Å²) in [6.45, 7) is 5.30. The molecule has 2 heterocycles. The van der Waals surface area contributed by atoms with Crippen LogP contribution in [0, 0.1) is 0 Å². The molecule has 0 spiro atoms. The molecule has 0 aliphatic carbocycles. The maximum atomic E-state index is 14.4. The minimum Gasteiger partial charge on any atom is -0.493 e. The molecule has 7 aromatic rings. The molecule has 0 aliphatic rings. The number of rotatable bonds is 24. The van der Waals surface area contributed by atoms with Gasteiger partial charge in [-0.2, -0.15) is 17.5 Å². The molecule has 0 atom stereocenters. The van der Waals surface area contributed by atoms with Crippen LogP contribution < -0.4 is 31.2 Å². The number of benzene rings is 5. The summed E-state index contributed by atoms with van der Waals surface area (Å²) in [7, 11) is 0. The molecule has 0 bridgehead atoms. The van der Waals surface area contributed by atoms with Crippen molar-refractivity contribution < 1.29 is 9.47 Å². The van der Waals surface area contributed by atoms with E-state index >= 15 is 0 Å². The third-order valence-electron chi connectivity index (χ3n) is 11.6. The van der Waals surface area contributed by atoms with Crippen LogP contribution in [0.2, 0.25) is 0 Å². The molecular weight excluding hydrogens is 769 g/mol. The number of ether oxygens (including phenoxy) is 2. The van der Waals surface area contributed by atoms with Gasteiger partial charge >= 0.3 is 0 Å². The normalized spacial score (nSPS) is 12.0. The summed E-state index contributed by atoms with van der Waals surface area (Å²) in [5.41, 5.74) is -1.81. The Labute approximate surface area is 346 Å². The Kier molecular flexibility index (Phi) is 14.4. The van der Waals surface area contributed by atoms with Gasteiger partial charge in [0, 0.05) is 43.1 Å². The molecule has 2 aromatic heterocycles. The van der Waals surface area contributed by atoms with Gasteiger partial charge in [-0.15, -0.1) is 0 Å². The minimum absolute atomic E-state index is 0.00900. The highest BCUT2D eigenvalue weighted by atomic mass is 32.1. The SMILES string of the molecule is CCCCCCCCCCCCOc1cc2c(=O)c3nsnc3c(=O)c2c2c1ccc1c(OCCCCCCCCCCCC)cc3c(=O)c4nsnc4c(=O)c3c12. The van der Waals surface area contributed by atoms with E-state index in [0.29, 0.717) is 46.3 Å². The van der Waals surface area contributed by atoms with Crippen LogP contribution in [-0.4, -0.2) is 30.7 Å². The van der Waals surface area contributed by atoms with Gasteiger partial charge in [-0.1, -0.05) is 129 Å². The third-order valence-corrected chi connectivity index (χ3v) is 12.7. The summed E-state index contributed by atoms with van der Waals surface area (Å²) in [6, 6.07) is 7.00. The standard InChI is InChI=1S/C46H54N4O6S2/c1-3-5-7-9-11-13-15-17-19-21-25-55-33-27-31-37(45(53)41-39(43(31)51)47-57-49-41)35-29(33)23-24-30-34(56-26-22-20-18-16-14-12-10-8-6-4-2)28-32-38(36(30)35)46(54)42-40(44(32)52)48-58-50-42/h23-24,27-28H,3-22,25-26H2,1-2H3. The summed E-state index contributed by atoms with van der Waals surface area (Å²) in [5.74, 6) is 0.853. The van der Waals surface area contributed by atoms with E-state index in [0.717, 1.165) is 62.0 Å². The van der Waals surface area contributed by atoms with Crippen molar-refractivity contribution in [3.63, 3.8) is 0 Å². The molecule has 5 aromatic carbocycles. The zero-order chi connectivity index (χ0) is 40.4. The highest BCUT2D eigenvalue weighted by Gasteiger charge is 2.25. The van der Waals surface area contributed by atoms with Crippen LogP contribution >= 0.6 is 23.5 Å². The lowest BCUT2D eigenvalue weighted by atomic mass is 9.90. The average Bonchev–Trinajstić information content (AvgIpc) is 3.94. The molecule has 0 N–H and O–H groups in total. The number of hydrogen-bond acceptors (Lipinski definition) is 12. The fourth-order valence-electron chi connectivity index (χ4n) is 8.44. The van der Waals surface area contributed by atoms with E-state index in [4.69, 9.17) is 9.47 Å². The van der Waals surface area contributed by atoms with Crippen molar-refractivity contribution in [2.45, 2.75) is 142 Å². The number of fused-ring (bicyclic) bond motifs is 9. The van der Waals surface area contributed by atoms with Crippen molar-refractivity contribution in [3.8, 4) is 11.5 Å². The zero-order valence-electron chi connectivity index (χ0n) is 33.9. The Bertz CT molecular complexity index is 2550. The predicted octanol–water partition coefficient (Wildman–Crippen LogP) is 11.2. The Morgan fingerprint density at radius 1 is 0.397 bits per heavy atom. The number of aromatic nitrogens is 4. The molecule has 0 saturated heterocycles. The second kappa shape index (κ2) is 20.0. The van der Waals surface area contributed by atoms with E-state index < -0.39 is 21.7 Å². The van der Waals surface area contributed by atoms with Crippen molar-refractivity contribution in [2.24, 2.45) is 0 Å².